The lowest BCUT2D eigenvalue weighted by atomic mass is 9.97. The van der Waals surface area contributed by atoms with E-state index in [1.807, 2.05) is 0 Å². The quantitative estimate of drug-likeness (QED) is 0.896. The van der Waals surface area contributed by atoms with E-state index in [1.54, 1.807) is 0 Å². The van der Waals surface area contributed by atoms with Gasteiger partial charge in [0.2, 0.25) is 5.89 Å². The molecule has 1 fully saturated rings. The van der Waals surface area contributed by atoms with Crippen molar-refractivity contribution >= 4 is 12.4 Å². The Bertz CT molecular complexity index is 361. The van der Waals surface area contributed by atoms with Gasteiger partial charge in [-0.15, -0.1) is 12.4 Å². The number of aromatic nitrogens is 2. The van der Waals surface area contributed by atoms with Crippen LogP contribution >= 0.6 is 12.4 Å². The van der Waals surface area contributed by atoms with E-state index in [4.69, 9.17) is 10.3 Å². The van der Waals surface area contributed by atoms with Gasteiger partial charge in [-0.25, -0.2) is 0 Å². The van der Waals surface area contributed by atoms with E-state index in [-0.39, 0.29) is 12.4 Å². The zero-order valence-electron chi connectivity index (χ0n) is 11.8. The summed E-state index contributed by atoms with van der Waals surface area (Å²) in [6, 6.07) is 0. The Labute approximate surface area is 121 Å². The van der Waals surface area contributed by atoms with Crippen LogP contribution in [0.3, 0.4) is 0 Å². The van der Waals surface area contributed by atoms with E-state index in [0.29, 0.717) is 11.8 Å². The Hall–Kier alpha value is -0.650. The lowest BCUT2D eigenvalue weighted by Crippen LogP contribution is -2.35. The molecule has 6 heteroatoms. The average molecular weight is 289 g/mol. The van der Waals surface area contributed by atoms with Crippen LogP contribution in [0.1, 0.15) is 38.4 Å². The van der Waals surface area contributed by atoms with Gasteiger partial charge in [0.1, 0.15) is 0 Å². The third kappa shape index (κ3) is 5.09. The van der Waals surface area contributed by atoms with Gasteiger partial charge in [0, 0.05) is 6.42 Å². The molecule has 0 aromatic carbocycles. The number of rotatable bonds is 5. The van der Waals surface area contributed by atoms with Crippen LogP contribution in [0.2, 0.25) is 0 Å². The van der Waals surface area contributed by atoms with Crippen molar-refractivity contribution in [2.24, 2.45) is 17.6 Å². The number of nitrogens with zero attached hydrogens (tertiary/aromatic N) is 3. The standard InChI is InChI=1S/C13H24N4O.ClH/c1-10(2)7-12-15-13(18-16-12)9-17-5-3-11(8-14)4-6-17;/h10-11H,3-9,14H2,1-2H3;1H. The zero-order chi connectivity index (χ0) is 13.0. The fourth-order valence-electron chi connectivity index (χ4n) is 2.37. The van der Waals surface area contributed by atoms with Gasteiger partial charge in [0.15, 0.2) is 5.82 Å². The molecule has 1 aliphatic rings. The molecule has 0 spiro atoms. The number of nitrogens with two attached hydrogens (primary N) is 1. The van der Waals surface area contributed by atoms with Crippen molar-refractivity contribution in [1.82, 2.24) is 15.0 Å². The van der Waals surface area contributed by atoms with Crippen LogP contribution in [0, 0.1) is 11.8 Å². The molecular weight excluding hydrogens is 264 g/mol. The lowest BCUT2D eigenvalue weighted by Gasteiger charge is -2.30. The fraction of sp³-hybridized carbons (Fsp3) is 0.846. The molecule has 0 unspecified atom stereocenters. The van der Waals surface area contributed by atoms with E-state index < -0.39 is 0 Å². The maximum Gasteiger partial charge on any atom is 0.240 e. The number of hydrogen-bond donors (Lipinski definition) is 1. The minimum absolute atomic E-state index is 0. The van der Waals surface area contributed by atoms with Crippen LogP contribution in [0.4, 0.5) is 0 Å². The van der Waals surface area contributed by atoms with Crippen molar-refractivity contribution in [2.45, 2.75) is 39.7 Å². The normalized spacial score (nSPS) is 17.7. The van der Waals surface area contributed by atoms with Crippen LogP contribution in [0.5, 0.6) is 0 Å². The second kappa shape index (κ2) is 7.82. The summed E-state index contributed by atoms with van der Waals surface area (Å²) >= 11 is 0. The Morgan fingerprint density at radius 3 is 2.63 bits per heavy atom. The first-order valence-electron chi connectivity index (χ1n) is 6.91. The molecule has 0 radical (unpaired) electrons. The van der Waals surface area contributed by atoms with Crippen LogP contribution in [0.15, 0.2) is 4.52 Å². The summed E-state index contributed by atoms with van der Waals surface area (Å²) in [7, 11) is 0. The molecule has 1 saturated heterocycles. The molecular formula is C13H25ClN4O. The van der Waals surface area contributed by atoms with Crippen molar-refractivity contribution in [3.8, 4) is 0 Å². The van der Waals surface area contributed by atoms with Crippen molar-refractivity contribution < 1.29 is 4.52 Å². The summed E-state index contributed by atoms with van der Waals surface area (Å²) in [6.45, 7) is 8.09. The fourth-order valence-corrected chi connectivity index (χ4v) is 2.37. The Morgan fingerprint density at radius 1 is 1.37 bits per heavy atom. The van der Waals surface area contributed by atoms with E-state index in [2.05, 4.69) is 28.9 Å². The van der Waals surface area contributed by atoms with Crippen molar-refractivity contribution in [3.63, 3.8) is 0 Å². The van der Waals surface area contributed by atoms with Crippen LogP contribution in [-0.4, -0.2) is 34.7 Å². The maximum absolute atomic E-state index is 5.69. The zero-order valence-corrected chi connectivity index (χ0v) is 12.7. The van der Waals surface area contributed by atoms with Gasteiger partial charge in [0.05, 0.1) is 6.54 Å². The van der Waals surface area contributed by atoms with Crippen molar-refractivity contribution in [1.29, 1.82) is 0 Å². The largest absolute Gasteiger partial charge is 0.338 e. The van der Waals surface area contributed by atoms with Crippen molar-refractivity contribution in [3.05, 3.63) is 11.7 Å². The average Bonchev–Trinajstić information content (AvgIpc) is 2.76. The minimum atomic E-state index is 0. The number of hydrogen-bond acceptors (Lipinski definition) is 5. The Kier molecular flexibility index (Phi) is 6.75. The molecule has 110 valence electrons. The van der Waals surface area contributed by atoms with Gasteiger partial charge in [-0.3, -0.25) is 4.90 Å². The van der Waals surface area contributed by atoms with Crippen LogP contribution in [0.25, 0.3) is 0 Å². The molecule has 0 atom stereocenters. The lowest BCUT2D eigenvalue weighted by molar-refractivity contribution is 0.161. The summed E-state index contributed by atoms with van der Waals surface area (Å²) in [5, 5.41) is 4.02. The first-order chi connectivity index (χ1) is 8.67. The smallest absolute Gasteiger partial charge is 0.240 e. The Balaban J connectivity index is 0.00000180. The molecule has 2 heterocycles. The predicted molar refractivity (Wildman–Crippen MR) is 77.1 cm³/mol. The Morgan fingerprint density at radius 2 is 2.05 bits per heavy atom. The number of halogens is 1. The monoisotopic (exact) mass is 288 g/mol. The molecule has 0 bridgehead atoms. The second-order valence-corrected chi connectivity index (χ2v) is 5.66. The van der Waals surface area contributed by atoms with Crippen molar-refractivity contribution in [2.75, 3.05) is 19.6 Å². The number of likely N-dealkylation sites (tertiary alicyclic amines) is 1. The van der Waals surface area contributed by atoms with Gasteiger partial charge >= 0.3 is 0 Å². The van der Waals surface area contributed by atoms with E-state index in [0.717, 1.165) is 44.3 Å². The number of piperidine rings is 1. The summed E-state index contributed by atoms with van der Waals surface area (Å²) in [6.07, 6.45) is 3.26. The summed E-state index contributed by atoms with van der Waals surface area (Å²) in [5.41, 5.74) is 5.69. The molecule has 0 saturated carbocycles. The van der Waals surface area contributed by atoms with Crippen LogP contribution < -0.4 is 5.73 Å². The highest BCUT2D eigenvalue weighted by Gasteiger charge is 2.20. The second-order valence-electron chi connectivity index (χ2n) is 5.66. The molecule has 1 aromatic rings. The van der Waals surface area contributed by atoms with E-state index in [9.17, 15) is 0 Å². The van der Waals surface area contributed by atoms with E-state index >= 15 is 0 Å². The predicted octanol–water partition coefficient (Wildman–Crippen LogP) is 1.86. The molecule has 2 rings (SSSR count). The summed E-state index contributed by atoms with van der Waals surface area (Å²) in [5.74, 6) is 2.84. The van der Waals surface area contributed by atoms with Gasteiger partial charge in [0.25, 0.3) is 0 Å². The molecule has 2 N–H and O–H groups in total. The van der Waals surface area contributed by atoms with E-state index in [1.165, 1.54) is 12.8 Å². The highest BCUT2D eigenvalue weighted by molar-refractivity contribution is 5.85. The van der Waals surface area contributed by atoms with Gasteiger partial charge in [-0.05, 0) is 44.3 Å². The van der Waals surface area contributed by atoms with Gasteiger partial charge < -0.3 is 10.3 Å². The molecule has 19 heavy (non-hydrogen) atoms. The minimum Gasteiger partial charge on any atom is -0.338 e. The highest BCUT2D eigenvalue weighted by Crippen LogP contribution is 2.17. The summed E-state index contributed by atoms with van der Waals surface area (Å²) in [4.78, 5) is 6.81. The third-order valence-corrected chi connectivity index (χ3v) is 3.50. The molecule has 1 aromatic heterocycles. The van der Waals surface area contributed by atoms with Gasteiger partial charge in [-0.2, -0.15) is 4.98 Å². The van der Waals surface area contributed by atoms with Crippen LogP contribution in [-0.2, 0) is 13.0 Å². The highest BCUT2D eigenvalue weighted by atomic mass is 35.5. The molecule has 0 aliphatic carbocycles. The molecule has 0 amide bonds. The maximum atomic E-state index is 5.69. The first kappa shape index (κ1) is 16.4. The molecule has 1 aliphatic heterocycles. The van der Waals surface area contributed by atoms with Gasteiger partial charge in [-0.1, -0.05) is 19.0 Å². The SMILES string of the molecule is CC(C)Cc1noc(CN2CCC(CN)CC2)n1.Cl. The summed E-state index contributed by atoms with van der Waals surface area (Å²) < 4.78 is 5.29. The third-order valence-electron chi connectivity index (χ3n) is 3.50. The first-order valence-corrected chi connectivity index (χ1v) is 6.91. The molecule has 5 nitrogen and oxygen atoms in total. The topological polar surface area (TPSA) is 68.2 Å².